The van der Waals surface area contributed by atoms with Crippen LogP contribution in [-0.4, -0.2) is 56.6 Å². The third-order valence-electron chi connectivity index (χ3n) is 4.35. The first-order valence-corrected chi connectivity index (χ1v) is 10.3. The van der Waals surface area contributed by atoms with Crippen molar-refractivity contribution in [1.82, 2.24) is 24.1 Å². The quantitative estimate of drug-likeness (QED) is 0.542. The van der Waals surface area contributed by atoms with Crippen LogP contribution in [0.2, 0.25) is 5.02 Å². The van der Waals surface area contributed by atoms with Crippen LogP contribution in [0, 0.1) is 0 Å². The van der Waals surface area contributed by atoms with Crippen molar-refractivity contribution < 1.29 is 17.9 Å². The summed E-state index contributed by atoms with van der Waals surface area (Å²) in [5, 5.41) is 8.42. The summed E-state index contributed by atoms with van der Waals surface area (Å²) in [4.78, 5) is 18.4. The molecule has 0 aliphatic carbocycles. The SMILES string of the molecule is O=c1cc(CSc2nnc(N3CCOCC3)n2CC(F)(F)F)nc2ccc(Cl)cn12. The first-order valence-electron chi connectivity index (χ1n) is 8.93. The number of halogens is 4. The Bertz CT molecular complexity index is 1110. The van der Waals surface area contributed by atoms with E-state index in [9.17, 15) is 18.0 Å². The summed E-state index contributed by atoms with van der Waals surface area (Å²) in [7, 11) is 0. The number of morpholine rings is 1. The molecule has 160 valence electrons. The maximum atomic E-state index is 13.2. The Morgan fingerprint density at radius 1 is 1.20 bits per heavy atom. The molecule has 0 atom stereocenters. The van der Waals surface area contributed by atoms with Crippen molar-refractivity contribution in [3.63, 3.8) is 0 Å². The normalized spacial score (nSPS) is 15.1. The van der Waals surface area contributed by atoms with E-state index < -0.39 is 12.7 Å². The summed E-state index contributed by atoms with van der Waals surface area (Å²) in [5.74, 6) is 0.312. The Kier molecular flexibility index (Phi) is 5.89. The van der Waals surface area contributed by atoms with E-state index in [1.165, 1.54) is 16.7 Å². The highest BCUT2D eigenvalue weighted by atomic mass is 35.5. The van der Waals surface area contributed by atoms with Gasteiger partial charge in [0.15, 0.2) is 5.16 Å². The van der Waals surface area contributed by atoms with Gasteiger partial charge in [-0.3, -0.25) is 13.8 Å². The van der Waals surface area contributed by atoms with Crippen LogP contribution >= 0.6 is 23.4 Å². The lowest BCUT2D eigenvalue weighted by atomic mass is 10.4. The maximum absolute atomic E-state index is 13.2. The lowest BCUT2D eigenvalue weighted by Crippen LogP contribution is -2.38. The summed E-state index contributed by atoms with van der Waals surface area (Å²) < 4.78 is 47.1. The van der Waals surface area contributed by atoms with Crippen molar-refractivity contribution in [2.24, 2.45) is 0 Å². The van der Waals surface area contributed by atoms with Crippen LogP contribution in [0.25, 0.3) is 5.65 Å². The van der Waals surface area contributed by atoms with Crippen molar-refractivity contribution in [1.29, 1.82) is 0 Å². The lowest BCUT2D eigenvalue weighted by molar-refractivity contribution is -0.141. The minimum absolute atomic E-state index is 0.104. The molecular formula is C17H16ClF3N6O2S. The van der Waals surface area contributed by atoms with E-state index in [4.69, 9.17) is 16.3 Å². The van der Waals surface area contributed by atoms with Gasteiger partial charge in [0.25, 0.3) is 5.56 Å². The molecule has 4 heterocycles. The van der Waals surface area contributed by atoms with Crippen LogP contribution in [0.15, 0.2) is 34.3 Å². The fraction of sp³-hybridized carbons (Fsp3) is 0.412. The van der Waals surface area contributed by atoms with Gasteiger partial charge in [-0.2, -0.15) is 13.2 Å². The van der Waals surface area contributed by atoms with Crippen LogP contribution in [0.1, 0.15) is 5.69 Å². The summed E-state index contributed by atoms with van der Waals surface area (Å²) in [6, 6.07) is 4.53. The highest BCUT2D eigenvalue weighted by molar-refractivity contribution is 7.98. The Hall–Kier alpha value is -2.31. The molecular weight excluding hydrogens is 445 g/mol. The van der Waals surface area contributed by atoms with Crippen molar-refractivity contribution >= 4 is 35.0 Å². The zero-order valence-corrected chi connectivity index (χ0v) is 17.0. The predicted molar refractivity (Wildman–Crippen MR) is 105 cm³/mol. The number of fused-ring (bicyclic) bond motifs is 1. The fourth-order valence-corrected chi connectivity index (χ4v) is 4.03. The molecule has 1 aliphatic rings. The molecule has 0 unspecified atom stereocenters. The zero-order valence-electron chi connectivity index (χ0n) is 15.5. The molecule has 3 aromatic heterocycles. The van der Waals surface area contributed by atoms with E-state index in [-0.39, 0.29) is 22.4 Å². The summed E-state index contributed by atoms with van der Waals surface area (Å²) in [6.07, 6.45) is -2.98. The average molecular weight is 461 g/mol. The maximum Gasteiger partial charge on any atom is 0.406 e. The molecule has 1 aliphatic heterocycles. The van der Waals surface area contributed by atoms with Crippen LogP contribution in [0.5, 0.6) is 0 Å². The molecule has 0 amide bonds. The molecule has 0 spiro atoms. The van der Waals surface area contributed by atoms with E-state index in [2.05, 4.69) is 15.2 Å². The molecule has 0 N–H and O–H groups in total. The molecule has 3 aromatic rings. The predicted octanol–water partition coefficient (Wildman–Crippen LogP) is 2.63. The summed E-state index contributed by atoms with van der Waals surface area (Å²) in [6.45, 7) is 0.492. The van der Waals surface area contributed by atoms with Gasteiger partial charge in [-0.05, 0) is 12.1 Å². The first-order chi connectivity index (χ1) is 14.3. The van der Waals surface area contributed by atoms with E-state index in [0.717, 1.165) is 16.3 Å². The molecule has 13 heteroatoms. The van der Waals surface area contributed by atoms with Crippen molar-refractivity contribution in [2.45, 2.75) is 23.6 Å². The topological polar surface area (TPSA) is 77.6 Å². The van der Waals surface area contributed by atoms with Gasteiger partial charge in [0.05, 0.1) is 23.9 Å². The molecule has 1 fully saturated rings. The number of thioether (sulfide) groups is 1. The molecule has 1 saturated heterocycles. The van der Waals surface area contributed by atoms with Gasteiger partial charge in [0, 0.05) is 31.1 Å². The van der Waals surface area contributed by atoms with Crippen LogP contribution in [0.4, 0.5) is 19.1 Å². The van der Waals surface area contributed by atoms with Crippen LogP contribution < -0.4 is 10.5 Å². The van der Waals surface area contributed by atoms with E-state index >= 15 is 0 Å². The van der Waals surface area contributed by atoms with Crippen molar-refractivity contribution in [3.05, 3.63) is 45.5 Å². The molecule has 4 rings (SSSR count). The Morgan fingerprint density at radius 2 is 1.97 bits per heavy atom. The van der Waals surface area contributed by atoms with Crippen molar-refractivity contribution in [3.8, 4) is 0 Å². The van der Waals surface area contributed by atoms with Gasteiger partial charge in [-0.25, -0.2) is 4.98 Å². The number of ether oxygens (including phenoxy) is 1. The second-order valence-corrected chi connectivity index (χ2v) is 7.91. The second kappa shape index (κ2) is 8.44. The molecule has 0 aromatic carbocycles. The summed E-state index contributed by atoms with van der Waals surface area (Å²) >= 11 is 6.94. The van der Waals surface area contributed by atoms with Gasteiger partial charge >= 0.3 is 6.18 Å². The third kappa shape index (κ3) is 4.71. The minimum Gasteiger partial charge on any atom is -0.378 e. The van der Waals surface area contributed by atoms with E-state index in [1.807, 2.05) is 0 Å². The van der Waals surface area contributed by atoms with E-state index in [0.29, 0.717) is 42.7 Å². The number of anilines is 1. The highest BCUT2D eigenvalue weighted by Crippen LogP contribution is 2.29. The van der Waals surface area contributed by atoms with Crippen LogP contribution in [0.3, 0.4) is 0 Å². The Morgan fingerprint density at radius 3 is 2.70 bits per heavy atom. The van der Waals surface area contributed by atoms with Crippen LogP contribution in [-0.2, 0) is 17.0 Å². The number of rotatable bonds is 5. The van der Waals surface area contributed by atoms with Gasteiger partial charge < -0.3 is 9.64 Å². The lowest BCUT2D eigenvalue weighted by Gasteiger charge is -2.28. The van der Waals surface area contributed by atoms with Gasteiger partial charge in [-0.15, -0.1) is 10.2 Å². The molecule has 0 saturated carbocycles. The number of hydrogen-bond donors (Lipinski definition) is 0. The fourth-order valence-electron chi connectivity index (χ4n) is 3.04. The molecule has 0 radical (unpaired) electrons. The number of alkyl halides is 3. The standard InChI is InChI=1S/C17H16ClF3N6O2S/c18-11-1-2-13-22-12(7-14(28)26(13)8-11)9-30-16-24-23-15(25-3-5-29-6-4-25)27(16)10-17(19,20)21/h1-2,7-8H,3-6,9-10H2. The van der Waals surface area contributed by atoms with E-state index in [1.54, 1.807) is 17.0 Å². The molecule has 0 bridgehead atoms. The monoisotopic (exact) mass is 460 g/mol. The molecule has 8 nitrogen and oxygen atoms in total. The number of pyridine rings is 1. The third-order valence-corrected chi connectivity index (χ3v) is 5.58. The Labute approximate surface area is 177 Å². The number of hydrogen-bond acceptors (Lipinski definition) is 7. The second-order valence-electron chi connectivity index (χ2n) is 6.53. The average Bonchev–Trinajstić information content (AvgIpc) is 3.08. The largest absolute Gasteiger partial charge is 0.406 e. The number of nitrogens with zero attached hydrogens (tertiary/aromatic N) is 6. The van der Waals surface area contributed by atoms with Gasteiger partial charge in [0.1, 0.15) is 12.2 Å². The molecule has 30 heavy (non-hydrogen) atoms. The Balaban J connectivity index is 1.59. The first kappa shape index (κ1) is 20.9. The summed E-state index contributed by atoms with van der Waals surface area (Å²) in [5.41, 5.74) is 0.485. The zero-order chi connectivity index (χ0) is 21.3. The number of aromatic nitrogens is 5. The smallest absolute Gasteiger partial charge is 0.378 e. The van der Waals surface area contributed by atoms with Crippen molar-refractivity contribution in [2.75, 3.05) is 31.2 Å². The van der Waals surface area contributed by atoms with Gasteiger partial charge in [0.2, 0.25) is 5.95 Å². The highest BCUT2D eigenvalue weighted by Gasteiger charge is 2.32. The minimum atomic E-state index is -4.43. The van der Waals surface area contributed by atoms with Gasteiger partial charge in [-0.1, -0.05) is 23.4 Å².